The Morgan fingerprint density at radius 3 is 2.75 bits per heavy atom. The smallest absolute Gasteiger partial charge is 0.252 e. The molecule has 1 rings (SSSR count). The fourth-order valence-corrected chi connectivity index (χ4v) is 1.73. The number of nitrogens with one attached hydrogen (secondary N) is 1. The second-order valence-corrected chi connectivity index (χ2v) is 4.23. The number of oxime groups is 1. The van der Waals surface area contributed by atoms with Crippen molar-refractivity contribution >= 4 is 11.7 Å². The summed E-state index contributed by atoms with van der Waals surface area (Å²) in [5.74, 6) is -0.329. The number of hydrogen-bond acceptors (Lipinski definition) is 5. The average molecular weight is 281 g/mol. The molecule has 1 amide bonds. The number of aromatic hydroxyl groups is 1. The molecule has 0 aliphatic rings. The third kappa shape index (κ3) is 3.78. The normalized spacial score (nSPS) is 12.8. The molecule has 0 bridgehead atoms. The highest BCUT2D eigenvalue weighted by atomic mass is 16.5. The first kappa shape index (κ1) is 15.6. The molecule has 1 aromatic carbocycles. The molecule has 1 unspecified atom stereocenters. The van der Waals surface area contributed by atoms with Crippen molar-refractivity contribution < 1.29 is 19.8 Å². The first-order valence-corrected chi connectivity index (χ1v) is 6.18. The van der Waals surface area contributed by atoms with Crippen LogP contribution in [0.2, 0.25) is 0 Å². The monoisotopic (exact) mass is 281 g/mol. The Labute approximate surface area is 117 Å². The molecular formula is C13H19N3O4. The number of hydrogen-bond donors (Lipinski definition) is 4. The van der Waals surface area contributed by atoms with Gasteiger partial charge in [0.05, 0.1) is 13.2 Å². The molecule has 0 saturated carbocycles. The van der Waals surface area contributed by atoms with Crippen molar-refractivity contribution in [3.05, 3.63) is 23.8 Å². The Morgan fingerprint density at radius 1 is 1.55 bits per heavy atom. The Balaban J connectivity index is 2.86. The van der Waals surface area contributed by atoms with E-state index in [0.717, 1.165) is 6.42 Å². The molecule has 1 atom stereocenters. The topological polar surface area (TPSA) is 117 Å². The van der Waals surface area contributed by atoms with Gasteiger partial charge < -0.3 is 26.1 Å². The highest BCUT2D eigenvalue weighted by molar-refractivity contribution is 5.98. The largest absolute Gasteiger partial charge is 0.504 e. The van der Waals surface area contributed by atoms with Crippen molar-refractivity contribution in [1.29, 1.82) is 0 Å². The van der Waals surface area contributed by atoms with Crippen LogP contribution in [-0.4, -0.2) is 35.2 Å². The van der Waals surface area contributed by atoms with Gasteiger partial charge in [-0.25, -0.2) is 0 Å². The summed E-state index contributed by atoms with van der Waals surface area (Å²) in [6.07, 6.45) is 1.30. The van der Waals surface area contributed by atoms with Gasteiger partial charge in [-0.05, 0) is 24.6 Å². The number of phenolic OH excluding ortho intramolecular Hbond substituents is 1. The Bertz CT molecular complexity index is 502. The quantitative estimate of drug-likeness (QED) is 0.269. The van der Waals surface area contributed by atoms with E-state index in [2.05, 4.69) is 10.5 Å². The number of benzene rings is 1. The van der Waals surface area contributed by atoms with Gasteiger partial charge in [0.1, 0.15) is 0 Å². The van der Waals surface area contributed by atoms with Gasteiger partial charge >= 0.3 is 0 Å². The van der Waals surface area contributed by atoms with E-state index < -0.39 is 11.9 Å². The van der Waals surface area contributed by atoms with Crippen LogP contribution in [0, 0.1) is 0 Å². The van der Waals surface area contributed by atoms with E-state index in [-0.39, 0.29) is 22.9 Å². The van der Waals surface area contributed by atoms with E-state index in [9.17, 15) is 9.90 Å². The summed E-state index contributed by atoms with van der Waals surface area (Å²) < 4.78 is 4.90. The summed E-state index contributed by atoms with van der Waals surface area (Å²) in [6.45, 7) is 1.92. The van der Waals surface area contributed by atoms with E-state index >= 15 is 0 Å². The molecule has 7 heteroatoms. The molecule has 110 valence electrons. The van der Waals surface area contributed by atoms with Crippen LogP contribution in [0.3, 0.4) is 0 Å². The van der Waals surface area contributed by atoms with Gasteiger partial charge in [-0.15, -0.1) is 0 Å². The molecule has 0 saturated heterocycles. The minimum atomic E-state index is -0.554. The first-order valence-electron chi connectivity index (χ1n) is 6.18. The van der Waals surface area contributed by atoms with Crippen molar-refractivity contribution in [2.45, 2.75) is 25.8 Å². The maximum absolute atomic E-state index is 12.0. The number of rotatable bonds is 6. The summed E-state index contributed by atoms with van der Waals surface area (Å²) in [4.78, 5) is 12.0. The van der Waals surface area contributed by atoms with Gasteiger partial charge in [0, 0.05) is 5.56 Å². The highest BCUT2D eigenvalue weighted by Gasteiger charge is 2.18. The lowest BCUT2D eigenvalue weighted by molar-refractivity contribution is 0.0944. The Kier molecular flexibility index (Phi) is 5.64. The standard InChI is InChI=1S/C13H19N3O4/c1-3-4-9(12(14)16-19)15-13(18)8-5-6-11(20-2)10(17)7-8/h5-7,9,17,19H,3-4H2,1-2H3,(H2,14,16)(H,15,18). The number of ether oxygens (including phenoxy) is 1. The molecule has 7 nitrogen and oxygen atoms in total. The van der Waals surface area contributed by atoms with Crippen LogP contribution in [0.25, 0.3) is 0 Å². The molecule has 0 aliphatic heterocycles. The minimum Gasteiger partial charge on any atom is -0.504 e. The van der Waals surface area contributed by atoms with Crippen LogP contribution in [-0.2, 0) is 0 Å². The van der Waals surface area contributed by atoms with Gasteiger partial charge in [-0.3, -0.25) is 4.79 Å². The van der Waals surface area contributed by atoms with Crippen molar-refractivity contribution in [1.82, 2.24) is 5.32 Å². The summed E-state index contributed by atoms with van der Waals surface area (Å²) in [5.41, 5.74) is 5.78. The Morgan fingerprint density at radius 2 is 2.25 bits per heavy atom. The zero-order valence-electron chi connectivity index (χ0n) is 11.5. The van der Waals surface area contributed by atoms with Gasteiger partial charge in [0.25, 0.3) is 5.91 Å². The van der Waals surface area contributed by atoms with Crippen LogP contribution >= 0.6 is 0 Å². The molecular weight excluding hydrogens is 262 g/mol. The van der Waals surface area contributed by atoms with Crippen molar-refractivity contribution in [3.8, 4) is 11.5 Å². The van der Waals surface area contributed by atoms with Crippen molar-refractivity contribution in [2.24, 2.45) is 10.9 Å². The number of nitrogens with zero attached hydrogens (tertiary/aromatic N) is 1. The van der Waals surface area contributed by atoms with Gasteiger partial charge in [-0.2, -0.15) is 0 Å². The lowest BCUT2D eigenvalue weighted by Crippen LogP contribution is -2.44. The van der Waals surface area contributed by atoms with Crippen LogP contribution in [0.4, 0.5) is 0 Å². The summed E-state index contributed by atoms with van der Waals surface area (Å²) in [5, 5.41) is 23.9. The number of amides is 1. The van der Waals surface area contributed by atoms with E-state index in [0.29, 0.717) is 6.42 Å². The molecule has 0 aromatic heterocycles. The third-order valence-electron chi connectivity index (χ3n) is 2.80. The van der Waals surface area contributed by atoms with Crippen LogP contribution in [0.5, 0.6) is 11.5 Å². The van der Waals surface area contributed by atoms with Crippen LogP contribution < -0.4 is 15.8 Å². The zero-order valence-corrected chi connectivity index (χ0v) is 11.5. The molecule has 0 fully saturated rings. The lowest BCUT2D eigenvalue weighted by atomic mass is 10.1. The molecule has 0 heterocycles. The van der Waals surface area contributed by atoms with E-state index in [1.807, 2.05) is 6.92 Å². The second-order valence-electron chi connectivity index (χ2n) is 4.23. The first-order chi connectivity index (χ1) is 9.53. The third-order valence-corrected chi connectivity index (χ3v) is 2.80. The molecule has 0 spiro atoms. The molecule has 20 heavy (non-hydrogen) atoms. The van der Waals surface area contributed by atoms with Crippen molar-refractivity contribution in [3.63, 3.8) is 0 Å². The number of amidine groups is 1. The minimum absolute atomic E-state index is 0.0575. The summed E-state index contributed by atoms with van der Waals surface area (Å²) in [7, 11) is 1.42. The van der Waals surface area contributed by atoms with Crippen LogP contribution in [0.15, 0.2) is 23.4 Å². The maximum Gasteiger partial charge on any atom is 0.252 e. The Hall–Kier alpha value is -2.44. The maximum atomic E-state index is 12.0. The highest BCUT2D eigenvalue weighted by Crippen LogP contribution is 2.26. The number of carbonyl (C=O) groups is 1. The predicted octanol–water partition coefficient (Wildman–Crippen LogP) is 1.05. The van der Waals surface area contributed by atoms with Gasteiger partial charge in [0.2, 0.25) is 0 Å². The predicted molar refractivity (Wildman–Crippen MR) is 74.2 cm³/mol. The fourth-order valence-electron chi connectivity index (χ4n) is 1.73. The van der Waals surface area contributed by atoms with Gasteiger partial charge in [0.15, 0.2) is 17.3 Å². The second kappa shape index (κ2) is 7.22. The summed E-state index contributed by atoms with van der Waals surface area (Å²) in [6, 6.07) is 3.75. The number of carbonyl (C=O) groups excluding carboxylic acids is 1. The van der Waals surface area contributed by atoms with Crippen LogP contribution in [0.1, 0.15) is 30.1 Å². The molecule has 1 aromatic rings. The SMILES string of the molecule is CCCC(NC(=O)c1ccc(OC)c(O)c1)C(N)=NO. The van der Waals surface area contributed by atoms with E-state index in [1.165, 1.54) is 25.3 Å². The fraction of sp³-hybridized carbons (Fsp3) is 0.385. The van der Waals surface area contributed by atoms with E-state index in [1.54, 1.807) is 0 Å². The number of methoxy groups -OCH3 is 1. The van der Waals surface area contributed by atoms with E-state index in [4.69, 9.17) is 15.7 Å². The number of nitrogens with two attached hydrogens (primary N) is 1. The summed E-state index contributed by atoms with van der Waals surface area (Å²) >= 11 is 0. The zero-order chi connectivity index (χ0) is 15.1. The van der Waals surface area contributed by atoms with Crippen molar-refractivity contribution in [2.75, 3.05) is 7.11 Å². The molecule has 5 N–H and O–H groups in total. The lowest BCUT2D eigenvalue weighted by Gasteiger charge is -2.16. The molecule has 0 aliphatic carbocycles. The number of phenols is 1. The molecule has 0 radical (unpaired) electrons. The van der Waals surface area contributed by atoms with Gasteiger partial charge in [-0.1, -0.05) is 18.5 Å². The average Bonchev–Trinajstić information content (AvgIpc) is 2.45.